The summed E-state index contributed by atoms with van der Waals surface area (Å²) < 4.78 is 0. The molecule has 1 N–H and O–H groups in total. The summed E-state index contributed by atoms with van der Waals surface area (Å²) in [6.07, 6.45) is 1.61. The lowest BCUT2D eigenvalue weighted by Crippen LogP contribution is -2.37. The summed E-state index contributed by atoms with van der Waals surface area (Å²) in [5.74, 6) is -0.674. The Labute approximate surface area is 171 Å². The summed E-state index contributed by atoms with van der Waals surface area (Å²) in [6.45, 7) is 4.48. The van der Waals surface area contributed by atoms with Crippen molar-refractivity contribution < 1.29 is 9.59 Å². The Morgan fingerprint density at radius 3 is 2.38 bits per heavy atom. The highest BCUT2D eigenvalue weighted by Crippen LogP contribution is 2.32. The molecule has 148 valence electrons. The maximum atomic E-state index is 12.7. The molecule has 1 heterocycles. The molecule has 0 spiro atoms. The third-order valence-corrected chi connectivity index (χ3v) is 5.98. The van der Waals surface area contributed by atoms with Crippen LogP contribution in [0.25, 0.3) is 10.9 Å². The predicted octanol–water partition coefficient (Wildman–Crippen LogP) is 4.81. The number of hydrogen-bond acceptors (Lipinski definition) is 3. The number of H-pyrrole nitrogens is 1. The average molecular weight is 386 g/mol. The number of aromatic amines is 1. The van der Waals surface area contributed by atoms with Crippen LogP contribution in [0.5, 0.6) is 0 Å². The van der Waals surface area contributed by atoms with E-state index in [9.17, 15) is 9.59 Å². The van der Waals surface area contributed by atoms with E-state index in [0.717, 1.165) is 23.2 Å². The lowest BCUT2D eigenvalue weighted by molar-refractivity contribution is -0.133. The minimum atomic E-state index is -0.668. The van der Waals surface area contributed by atoms with Crippen LogP contribution in [-0.4, -0.2) is 28.8 Å². The first-order chi connectivity index (χ1) is 14.0. The minimum absolute atomic E-state index is 0.000345. The Hall–Kier alpha value is -3.01. The molecule has 3 aromatic rings. The molecule has 4 nitrogen and oxygen atoms in total. The van der Waals surface area contributed by atoms with E-state index in [2.05, 4.69) is 29.0 Å². The smallest absolute Gasteiger partial charge is 0.149 e. The van der Waals surface area contributed by atoms with Crippen molar-refractivity contribution in [3.05, 3.63) is 71.4 Å². The highest BCUT2D eigenvalue weighted by atomic mass is 16.2. The number of carbonyl (C=O) groups excluding carboxylic acids is 2. The van der Waals surface area contributed by atoms with Gasteiger partial charge in [0.1, 0.15) is 17.5 Å². The van der Waals surface area contributed by atoms with E-state index >= 15 is 0 Å². The van der Waals surface area contributed by atoms with Gasteiger partial charge in [0.2, 0.25) is 0 Å². The first-order valence-electron chi connectivity index (χ1n) is 10.2. The molecule has 0 aliphatic heterocycles. The Morgan fingerprint density at radius 1 is 1.00 bits per heavy atom. The van der Waals surface area contributed by atoms with E-state index in [-0.39, 0.29) is 17.5 Å². The first kappa shape index (κ1) is 19.3. The predicted molar refractivity (Wildman–Crippen MR) is 117 cm³/mol. The van der Waals surface area contributed by atoms with E-state index < -0.39 is 5.92 Å². The van der Waals surface area contributed by atoms with Gasteiger partial charge in [-0.05, 0) is 43.4 Å². The number of benzene rings is 2. The van der Waals surface area contributed by atoms with Crippen LogP contribution < -0.4 is 0 Å². The van der Waals surface area contributed by atoms with Crippen molar-refractivity contribution in [1.82, 2.24) is 4.98 Å². The number of aliphatic imine (C=N–C) groups is 1. The van der Waals surface area contributed by atoms with Crippen LogP contribution in [-0.2, 0) is 16.0 Å². The topological polar surface area (TPSA) is 62.3 Å². The van der Waals surface area contributed by atoms with Crippen molar-refractivity contribution in [2.24, 2.45) is 10.9 Å². The number of fused-ring (bicyclic) bond motifs is 1. The fraction of sp³-hybridized carbons (Fsp3) is 0.320. The van der Waals surface area contributed by atoms with Crippen LogP contribution in [0.15, 0.2) is 59.6 Å². The fourth-order valence-electron chi connectivity index (χ4n) is 4.49. The monoisotopic (exact) mass is 386 g/mol. The summed E-state index contributed by atoms with van der Waals surface area (Å²) >= 11 is 0. The second-order valence-electron chi connectivity index (χ2n) is 7.93. The molecule has 1 fully saturated rings. The van der Waals surface area contributed by atoms with Crippen molar-refractivity contribution in [2.75, 3.05) is 6.54 Å². The maximum Gasteiger partial charge on any atom is 0.149 e. The van der Waals surface area contributed by atoms with Crippen LogP contribution >= 0.6 is 0 Å². The molecular weight excluding hydrogens is 360 g/mol. The Balaban J connectivity index is 1.44. The van der Waals surface area contributed by atoms with E-state index in [0.29, 0.717) is 25.1 Å². The number of ketones is 2. The second kappa shape index (κ2) is 8.16. The molecule has 29 heavy (non-hydrogen) atoms. The van der Waals surface area contributed by atoms with Gasteiger partial charge in [0.05, 0.1) is 0 Å². The highest BCUT2D eigenvalue weighted by Gasteiger charge is 2.37. The molecule has 2 aromatic carbocycles. The van der Waals surface area contributed by atoms with Gasteiger partial charge in [-0.1, -0.05) is 48.5 Å². The standard InChI is InChI=1S/C25H26N2O2/c1-16-20(21-10-6-7-11-22(21)27-16)12-13-26-17(2)25-23(28)14-19(15-24(25)29)18-8-4-3-5-9-18/h3-11,19,25,27H,12-15H2,1-2H3. The number of para-hydroxylation sites is 1. The molecular formula is C25H26N2O2. The molecule has 4 rings (SSSR count). The minimum Gasteiger partial charge on any atom is -0.358 e. The zero-order chi connectivity index (χ0) is 20.4. The summed E-state index contributed by atoms with van der Waals surface area (Å²) in [7, 11) is 0. The number of carbonyl (C=O) groups is 2. The van der Waals surface area contributed by atoms with E-state index in [1.807, 2.05) is 49.4 Å². The van der Waals surface area contributed by atoms with Crippen molar-refractivity contribution in [1.29, 1.82) is 0 Å². The van der Waals surface area contributed by atoms with Crippen LogP contribution in [0.4, 0.5) is 0 Å². The number of Topliss-reactive ketones (excluding diaryl/α,β-unsaturated/α-hetero) is 2. The van der Waals surface area contributed by atoms with Gasteiger partial charge in [-0.25, -0.2) is 0 Å². The van der Waals surface area contributed by atoms with Crippen molar-refractivity contribution in [3.63, 3.8) is 0 Å². The molecule has 1 saturated carbocycles. The molecule has 1 aliphatic carbocycles. The van der Waals surface area contributed by atoms with Crippen molar-refractivity contribution in [3.8, 4) is 0 Å². The fourth-order valence-corrected chi connectivity index (χ4v) is 4.49. The molecule has 0 saturated heterocycles. The normalized spacial score (nSPS) is 20.4. The number of nitrogens with zero attached hydrogens (tertiary/aromatic N) is 1. The zero-order valence-corrected chi connectivity index (χ0v) is 16.9. The lowest BCUT2D eigenvalue weighted by atomic mass is 9.75. The zero-order valence-electron chi connectivity index (χ0n) is 16.9. The van der Waals surface area contributed by atoms with Crippen LogP contribution in [0, 0.1) is 12.8 Å². The Morgan fingerprint density at radius 2 is 1.66 bits per heavy atom. The molecule has 1 aromatic heterocycles. The quantitative estimate of drug-likeness (QED) is 0.505. The molecule has 0 bridgehead atoms. The van der Waals surface area contributed by atoms with E-state index in [1.165, 1.54) is 10.9 Å². The van der Waals surface area contributed by atoms with Gasteiger partial charge >= 0.3 is 0 Å². The summed E-state index contributed by atoms with van der Waals surface area (Å²) in [6, 6.07) is 18.1. The van der Waals surface area contributed by atoms with E-state index in [4.69, 9.17) is 0 Å². The molecule has 0 atom stereocenters. The van der Waals surface area contributed by atoms with Crippen molar-refractivity contribution >= 4 is 28.2 Å². The summed E-state index contributed by atoms with van der Waals surface area (Å²) in [4.78, 5) is 33.5. The second-order valence-corrected chi connectivity index (χ2v) is 7.93. The molecule has 0 radical (unpaired) electrons. The Kier molecular flexibility index (Phi) is 5.43. The number of aryl methyl sites for hydroxylation is 1. The van der Waals surface area contributed by atoms with Gasteiger partial charge in [0.15, 0.2) is 0 Å². The van der Waals surface area contributed by atoms with Crippen molar-refractivity contribution in [2.45, 2.75) is 39.0 Å². The SMILES string of the molecule is CC(=NCCc1c(C)[nH]c2ccccc12)C1C(=O)CC(c2ccccc2)CC1=O. The van der Waals surface area contributed by atoms with Gasteiger partial charge in [0, 0.05) is 41.7 Å². The maximum absolute atomic E-state index is 12.7. The number of hydrogen-bond donors (Lipinski definition) is 1. The van der Waals surface area contributed by atoms with Gasteiger partial charge in [-0.2, -0.15) is 0 Å². The van der Waals surface area contributed by atoms with Gasteiger partial charge in [-0.3, -0.25) is 14.6 Å². The molecule has 4 heteroatoms. The third kappa shape index (κ3) is 3.93. The number of rotatable bonds is 5. The largest absolute Gasteiger partial charge is 0.358 e. The number of aromatic nitrogens is 1. The van der Waals surface area contributed by atoms with Crippen LogP contribution in [0.1, 0.15) is 42.5 Å². The highest BCUT2D eigenvalue weighted by molar-refractivity contribution is 6.22. The lowest BCUT2D eigenvalue weighted by Gasteiger charge is -2.26. The summed E-state index contributed by atoms with van der Waals surface area (Å²) in [5.41, 5.74) is 5.25. The summed E-state index contributed by atoms with van der Waals surface area (Å²) in [5, 5.41) is 1.22. The molecule has 1 aliphatic rings. The molecule has 0 unspecified atom stereocenters. The number of nitrogens with one attached hydrogen (secondary N) is 1. The van der Waals surface area contributed by atoms with Gasteiger partial charge in [0.25, 0.3) is 0 Å². The van der Waals surface area contributed by atoms with Crippen LogP contribution in [0.2, 0.25) is 0 Å². The van der Waals surface area contributed by atoms with Gasteiger partial charge in [-0.15, -0.1) is 0 Å². The van der Waals surface area contributed by atoms with Crippen LogP contribution in [0.3, 0.4) is 0 Å². The average Bonchev–Trinajstić information content (AvgIpc) is 3.03. The third-order valence-electron chi connectivity index (χ3n) is 5.98. The van der Waals surface area contributed by atoms with E-state index in [1.54, 1.807) is 0 Å². The molecule has 0 amide bonds. The Bertz CT molecular complexity index is 1060. The first-order valence-corrected chi connectivity index (χ1v) is 10.2. The van der Waals surface area contributed by atoms with Gasteiger partial charge < -0.3 is 4.98 Å².